The molecule has 2 rings (SSSR count). The van der Waals surface area contributed by atoms with Crippen molar-refractivity contribution < 1.29 is 9.84 Å². The number of halogens is 2. The quantitative estimate of drug-likeness (QED) is 0.749. The summed E-state index contributed by atoms with van der Waals surface area (Å²) in [6.45, 7) is 1.10. The zero-order valence-electron chi connectivity index (χ0n) is 11.6. The second-order valence-corrected chi connectivity index (χ2v) is 6.41. The predicted octanol–water partition coefficient (Wildman–Crippen LogP) is 4.04. The van der Waals surface area contributed by atoms with Crippen LogP contribution in [0.3, 0.4) is 0 Å². The summed E-state index contributed by atoms with van der Waals surface area (Å²) >= 11 is 6.95. The van der Waals surface area contributed by atoms with Crippen LogP contribution in [0.1, 0.15) is 17.2 Å². The van der Waals surface area contributed by atoms with Crippen molar-refractivity contribution in [3.63, 3.8) is 0 Å². The van der Waals surface area contributed by atoms with E-state index in [2.05, 4.69) is 37.2 Å². The number of ether oxygens (including phenoxy) is 1. The van der Waals surface area contributed by atoms with E-state index in [9.17, 15) is 5.11 Å². The van der Waals surface area contributed by atoms with Crippen molar-refractivity contribution in [1.82, 2.24) is 5.32 Å². The van der Waals surface area contributed by atoms with Gasteiger partial charge in [0.25, 0.3) is 0 Å². The molecule has 0 bridgehead atoms. The van der Waals surface area contributed by atoms with E-state index < -0.39 is 6.10 Å². The fourth-order valence-electron chi connectivity index (χ4n) is 2.11. The van der Waals surface area contributed by atoms with E-state index in [-0.39, 0.29) is 0 Å². The van der Waals surface area contributed by atoms with Crippen molar-refractivity contribution in [3.05, 3.63) is 62.5 Å². The molecule has 0 saturated carbocycles. The average Bonchev–Trinajstić information content (AvgIpc) is 2.47. The summed E-state index contributed by atoms with van der Waals surface area (Å²) in [4.78, 5) is 0. The minimum Gasteiger partial charge on any atom is -0.495 e. The lowest BCUT2D eigenvalue weighted by Gasteiger charge is -2.15. The summed E-state index contributed by atoms with van der Waals surface area (Å²) in [7, 11) is 1.65. The molecule has 0 saturated heterocycles. The van der Waals surface area contributed by atoms with Crippen molar-refractivity contribution in [2.45, 2.75) is 12.6 Å². The highest BCUT2D eigenvalue weighted by Gasteiger charge is 2.11. The van der Waals surface area contributed by atoms with Crippen LogP contribution in [0.2, 0.25) is 0 Å². The van der Waals surface area contributed by atoms with E-state index in [0.29, 0.717) is 13.1 Å². The fraction of sp³-hybridized carbons (Fsp3) is 0.250. The van der Waals surface area contributed by atoms with Gasteiger partial charge in [0.1, 0.15) is 5.75 Å². The Morgan fingerprint density at radius 1 is 1.19 bits per heavy atom. The minimum absolute atomic E-state index is 0.483. The molecular formula is C16H17Br2NO2. The van der Waals surface area contributed by atoms with Gasteiger partial charge in [0.05, 0.1) is 17.7 Å². The number of aliphatic hydroxyl groups excluding tert-OH is 1. The van der Waals surface area contributed by atoms with Gasteiger partial charge in [-0.3, -0.25) is 0 Å². The molecule has 3 nitrogen and oxygen atoms in total. The molecule has 1 atom stereocenters. The lowest BCUT2D eigenvalue weighted by molar-refractivity contribution is 0.174. The highest BCUT2D eigenvalue weighted by molar-refractivity contribution is 9.11. The van der Waals surface area contributed by atoms with Crippen LogP contribution in [0.5, 0.6) is 5.75 Å². The molecule has 0 aromatic heterocycles. The van der Waals surface area contributed by atoms with Crippen LogP contribution in [0, 0.1) is 0 Å². The van der Waals surface area contributed by atoms with E-state index in [1.807, 2.05) is 42.5 Å². The van der Waals surface area contributed by atoms with Gasteiger partial charge in [-0.1, -0.05) is 46.3 Å². The summed E-state index contributed by atoms with van der Waals surface area (Å²) in [5.74, 6) is 0.805. The molecule has 0 radical (unpaired) electrons. The molecule has 2 aromatic rings. The summed E-state index contributed by atoms with van der Waals surface area (Å²) in [5, 5.41) is 13.4. The van der Waals surface area contributed by atoms with Gasteiger partial charge < -0.3 is 15.2 Å². The van der Waals surface area contributed by atoms with Crippen molar-refractivity contribution >= 4 is 31.9 Å². The van der Waals surface area contributed by atoms with Gasteiger partial charge in [-0.05, 0) is 33.6 Å². The lowest BCUT2D eigenvalue weighted by Crippen LogP contribution is -2.21. The maximum Gasteiger partial charge on any atom is 0.137 e. The van der Waals surface area contributed by atoms with Crippen molar-refractivity contribution in [2.75, 3.05) is 13.7 Å². The molecule has 0 amide bonds. The molecule has 5 heteroatoms. The van der Waals surface area contributed by atoms with Gasteiger partial charge in [0.15, 0.2) is 0 Å². The van der Waals surface area contributed by atoms with E-state index in [1.165, 1.54) is 0 Å². The third-order valence-corrected chi connectivity index (χ3v) is 4.17. The first-order valence-electron chi connectivity index (χ1n) is 6.57. The number of benzene rings is 2. The summed E-state index contributed by atoms with van der Waals surface area (Å²) in [6, 6.07) is 13.6. The third kappa shape index (κ3) is 4.54. The first-order chi connectivity index (χ1) is 10.1. The van der Waals surface area contributed by atoms with Gasteiger partial charge in [-0.15, -0.1) is 0 Å². The zero-order valence-corrected chi connectivity index (χ0v) is 14.8. The van der Waals surface area contributed by atoms with Crippen LogP contribution in [0.25, 0.3) is 0 Å². The third-order valence-electron chi connectivity index (χ3n) is 3.13. The zero-order chi connectivity index (χ0) is 15.2. The summed E-state index contributed by atoms with van der Waals surface area (Å²) < 4.78 is 7.29. The number of hydrogen-bond donors (Lipinski definition) is 2. The molecule has 0 aliphatic heterocycles. The van der Waals surface area contributed by atoms with E-state index >= 15 is 0 Å². The maximum atomic E-state index is 10.1. The van der Waals surface area contributed by atoms with E-state index in [4.69, 9.17) is 4.74 Å². The number of hydrogen-bond acceptors (Lipinski definition) is 3. The molecule has 0 fully saturated rings. The van der Waals surface area contributed by atoms with Crippen LogP contribution in [-0.4, -0.2) is 18.8 Å². The Labute approximate surface area is 141 Å². The molecule has 21 heavy (non-hydrogen) atoms. The molecular weight excluding hydrogens is 398 g/mol. The SMILES string of the molecule is COc1c(Br)cc(Br)cc1CNC[C@H](O)c1ccccc1. The molecule has 2 N–H and O–H groups in total. The number of nitrogens with one attached hydrogen (secondary N) is 1. The van der Waals surface area contributed by atoms with Gasteiger partial charge in [-0.2, -0.15) is 0 Å². The molecule has 0 aliphatic carbocycles. The van der Waals surface area contributed by atoms with E-state index in [0.717, 1.165) is 25.8 Å². The first kappa shape index (κ1) is 16.5. The molecule has 112 valence electrons. The van der Waals surface area contributed by atoms with Crippen molar-refractivity contribution in [1.29, 1.82) is 0 Å². The largest absolute Gasteiger partial charge is 0.495 e. The first-order valence-corrected chi connectivity index (χ1v) is 8.16. The Kier molecular flexibility index (Phi) is 6.23. The topological polar surface area (TPSA) is 41.5 Å². The highest BCUT2D eigenvalue weighted by Crippen LogP contribution is 2.32. The fourth-order valence-corrected chi connectivity index (χ4v) is 3.59. The van der Waals surface area contributed by atoms with Gasteiger partial charge in [-0.25, -0.2) is 0 Å². The smallest absolute Gasteiger partial charge is 0.137 e. The Hall–Kier alpha value is -0.880. The maximum absolute atomic E-state index is 10.1. The second kappa shape index (κ2) is 7.94. The number of methoxy groups -OCH3 is 1. The standard InChI is InChI=1S/C16H17Br2NO2/c1-21-16-12(7-13(17)8-14(16)18)9-19-10-15(20)11-5-3-2-4-6-11/h2-8,15,19-20H,9-10H2,1H3/t15-/m0/s1. The number of aliphatic hydroxyl groups is 1. The van der Waals surface area contributed by atoms with Crippen LogP contribution >= 0.6 is 31.9 Å². The molecule has 0 aliphatic rings. The Morgan fingerprint density at radius 2 is 1.90 bits per heavy atom. The summed E-state index contributed by atoms with van der Waals surface area (Å²) in [5.41, 5.74) is 1.94. The molecule has 0 spiro atoms. The molecule has 0 unspecified atom stereocenters. The Balaban J connectivity index is 1.98. The lowest BCUT2D eigenvalue weighted by atomic mass is 10.1. The summed E-state index contributed by atoms with van der Waals surface area (Å²) in [6.07, 6.45) is -0.521. The Bertz CT molecular complexity index is 590. The van der Waals surface area contributed by atoms with Crippen molar-refractivity contribution in [2.24, 2.45) is 0 Å². The predicted molar refractivity (Wildman–Crippen MR) is 91.5 cm³/mol. The second-order valence-electron chi connectivity index (χ2n) is 4.64. The Morgan fingerprint density at radius 3 is 2.57 bits per heavy atom. The monoisotopic (exact) mass is 413 g/mol. The molecule has 2 aromatic carbocycles. The average molecular weight is 415 g/mol. The van der Waals surface area contributed by atoms with E-state index in [1.54, 1.807) is 7.11 Å². The molecule has 0 heterocycles. The van der Waals surface area contributed by atoms with Crippen molar-refractivity contribution in [3.8, 4) is 5.75 Å². The van der Waals surface area contributed by atoms with Crippen LogP contribution in [0.4, 0.5) is 0 Å². The van der Waals surface area contributed by atoms with Crippen LogP contribution in [0.15, 0.2) is 51.4 Å². The van der Waals surface area contributed by atoms with Gasteiger partial charge in [0, 0.05) is 23.1 Å². The van der Waals surface area contributed by atoms with Gasteiger partial charge >= 0.3 is 0 Å². The highest BCUT2D eigenvalue weighted by atomic mass is 79.9. The number of rotatable bonds is 6. The van der Waals surface area contributed by atoms with Crippen LogP contribution < -0.4 is 10.1 Å². The van der Waals surface area contributed by atoms with Crippen LogP contribution in [-0.2, 0) is 6.54 Å². The van der Waals surface area contributed by atoms with Gasteiger partial charge in [0.2, 0.25) is 0 Å². The normalized spacial score (nSPS) is 12.2. The minimum atomic E-state index is -0.521.